The fourth-order valence-corrected chi connectivity index (χ4v) is 2.78. The number of carbonyl (C=O) groups is 2. The molecule has 0 aromatic heterocycles. The van der Waals surface area contributed by atoms with Crippen LogP contribution in [0.2, 0.25) is 0 Å². The molecule has 1 aromatic rings. The zero-order chi connectivity index (χ0) is 18.8. The van der Waals surface area contributed by atoms with Gasteiger partial charge in [-0.1, -0.05) is 0 Å². The highest BCUT2D eigenvalue weighted by molar-refractivity contribution is 5.95. The first-order valence-corrected chi connectivity index (χ1v) is 8.35. The van der Waals surface area contributed by atoms with Gasteiger partial charge in [0.15, 0.2) is 0 Å². The molecule has 1 aromatic carbocycles. The molecule has 0 bridgehead atoms. The average molecular weight is 349 g/mol. The molecule has 0 saturated carbocycles. The minimum atomic E-state index is -0.534. The number of nitrogens with two attached hydrogens (primary N) is 1. The van der Waals surface area contributed by atoms with Crippen molar-refractivity contribution < 1.29 is 19.1 Å². The number of carbonyl (C=O) groups excluding carboxylic acids is 2. The number of anilines is 1. The number of nitrogens with zero attached hydrogens (tertiary/aromatic N) is 2. The van der Waals surface area contributed by atoms with Crippen molar-refractivity contribution in [1.29, 1.82) is 0 Å². The molecule has 1 aliphatic rings. The van der Waals surface area contributed by atoms with Crippen LogP contribution in [0.5, 0.6) is 5.75 Å². The van der Waals surface area contributed by atoms with E-state index in [2.05, 4.69) is 0 Å². The number of nitrogen functional groups attached to an aromatic ring is 1. The lowest BCUT2D eigenvalue weighted by Gasteiger charge is -2.40. The predicted octanol–water partition coefficient (Wildman–Crippen LogP) is 2.36. The number of benzene rings is 1. The Bertz CT molecular complexity index is 654. The summed E-state index contributed by atoms with van der Waals surface area (Å²) in [6.07, 6.45) is -0.347. The van der Waals surface area contributed by atoms with E-state index in [-0.39, 0.29) is 18.0 Å². The third-order valence-corrected chi connectivity index (χ3v) is 4.02. The monoisotopic (exact) mass is 349 g/mol. The van der Waals surface area contributed by atoms with Gasteiger partial charge in [0.05, 0.1) is 12.8 Å². The fraction of sp³-hybridized carbons (Fsp3) is 0.556. The van der Waals surface area contributed by atoms with Gasteiger partial charge in [-0.2, -0.15) is 0 Å². The molecule has 1 atom stereocenters. The highest BCUT2D eigenvalue weighted by atomic mass is 16.6. The van der Waals surface area contributed by atoms with Gasteiger partial charge in [0.2, 0.25) is 0 Å². The maximum Gasteiger partial charge on any atom is 0.410 e. The second kappa shape index (κ2) is 7.21. The van der Waals surface area contributed by atoms with Crippen LogP contribution in [0.25, 0.3) is 0 Å². The molecule has 1 fully saturated rings. The van der Waals surface area contributed by atoms with Gasteiger partial charge < -0.3 is 25.0 Å². The summed E-state index contributed by atoms with van der Waals surface area (Å²) in [5.41, 5.74) is 6.29. The largest absolute Gasteiger partial charge is 0.495 e. The van der Waals surface area contributed by atoms with Crippen LogP contribution in [-0.2, 0) is 4.74 Å². The standard InChI is InChI=1S/C18H27N3O4/c1-12-11-20(17(23)25-18(2,3)4)8-9-21(12)16(22)13-6-7-15(24-5)14(19)10-13/h6-7,10,12H,8-9,11,19H2,1-5H3. The maximum absolute atomic E-state index is 12.8. The molecule has 1 aliphatic heterocycles. The Balaban J connectivity index is 2.04. The molecule has 0 radical (unpaired) electrons. The lowest BCUT2D eigenvalue weighted by molar-refractivity contribution is 0.00617. The minimum absolute atomic E-state index is 0.106. The zero-order valence-electron chi connectivity index (χ0n) is 15.5. The Labute approximate surface area is 148 Å². The number of ether oxygens (including phenoxy) is 2. The van der Waals surface area contributed by atoms with E-state index in [0.29, 0.717) is 36.6 Å². The van der Waals surface area contributed by atoms with Gasteiger partial charge in [0.1, 0.15) is 11.4 Å². The van der Waals surface area contributed by atoms with Crippen molar-refractivity contribution in [3.05, 3.63) is 23.8 Å². The SMILES string of the molecule is COc1ccc(C(=O)N2CCN(C(=O)OC(C)(C)C)CC2C)cc1N. The van der Waals surface area contributed by atoms with Crippen molar-refractivity contribution in [2.24, 2.45) is 0 Å². The number of hydrogen-bond acceptors (Lipinski definition) is 5. The van der Waals surface area contributed by atoms with E-state index in [4.69, 9.17) is 15.2 Å². The van der Waals surface area contributed by atoms with Gasteiger partial charge in [-0.25, -0.2) is 4.79 Å². The number of methoxy groups -OCH3 is 1. The molecule has 2 N–H and O–H groups in total. The smallest absolute Gasteiger partial charge is 0.410 e. The normalized spacial score (nSPS) is 18.0. The third-order valence-electron chi connectivity index (χ3n) is 4.02. The summed E-state index contributed by atoms with van der Waals surface area (Å²) < 4.78 is 10.5. The summed E-state index contributed by atoms with van der Waals surface area (Å²) in [6.45, 7) is 8.75. The molecule has 1 saturated heterocycles. The van der Waals surface area contributed by atoms with E-state index in [1.54, 1.807) is 28.0 Å². The van der Waals surface area contributed by atoms with Crippen molar-refractivity contribution in [2.75, 3.05) is 32.5 Å². The van der Waals surface area contributed by atoms with Crippen LogP contribution in [0, 0.1) is 0 Å². The second-order valence-electron chi connectivity index (χ2n) is 7.23. The van der Waals surface area contributed by atoms with E-state index >= 15 is 0 Å². The van der Waals surface area contributed by atoms with Crippen molar-refractivity contribution >= 4 is 17.7 Å². The number of piperazine rings is 1. The molecule has 1 unspecified atom stereocenters. The average Bonchev–Trinajstić information content (AvgIpc) is 2.52. The van der Waals surface area contributed by atoms with Crippen LogP contribution in [-0.4, -0.2) is 60.2 Å². The molecule has 25 heavy (non-hydrogen) atoms. The molecule has 2 rings (SSSR count). The number of hydrogen-bond donors (Lipinski definition) is 1. The maximum atomic E-state index is 12.8. The molecule has 0 aliphatic carbocycles. The van der Waals surface area contributed by atoms with Crippen molar-refractivity contribution in [1.82, 2.24) is 9.80 Å². The van der Waals surface area contributed by atoms with Gasteiger partial charge in [0, 0.05) is 31.2 Å². The molecular weight excluding hydrogens is 322 g/mol. The van der Waals surface area contributed by atoms with E-state index < -0.39 is 5.60 Å². The second-order valence-corrected chi connectivity index (χ2v) is 7.23. The van der Waals surface area contributed by atoms with Gasteiger partial charge in [-0.15, -0.1) is 0 Å². The van der Waals surface area contributed by atoms with Crippen LogP contribution >= 0.6 is 0 Å². The Hall–Kier alpha value is -2.44. The first-order chi connectivity index (χ1) is 11.6. The Morgan fingerprint density at radius 2 is 1.92 bits per heavy atom. The molecule has 7 nitrogen and oxygen atoms in total. The number of amides is 2. The quantitative estimate of drug-likeness (QED) is 0.829. The van der Waals surface area contributed by atoms with Crippen molar-refractivity contribution in [3.63, 3.8) is 0 Å². The summed E-state index contributed by atoms with van der Waals surface area (Å²) in [4.78, 5) is 28.3. The van der Waals surface area contributed by atoms with Gasteiger partial charge in [0.25, 0.3) is 5.91 Å². The van der Waals surface area contributed by atoms with E-state index in [9.17, 15) is 9.59 Å². The van der Waals surface area contributed by atoms with Gasteiger partial charge >= 0.3 is 6.09 Å². The van der Waals surface area contributed by atoms with Gasteiger partial charge in [-0.3, -0.25) is 4.79 Å². The molecule has 1 heterocycles. The number of rotatable bonds is 2. The van der Waals surface area contributed by atoms with Crippen LogP contribution < -0.4 is 10.5 Å². The minimum Gasteiger partial charge on any atom is -0.495 e. The molecule has 2 amide bonds. The Morgan fingerprint density at radius 1 is 1.24 bits per heavy atom. The van der Waals surface area contributed by atoms with Gasteiger partial charge in [-0.05, 0) is 45.9 Å². The summed E-state index contributed by atoms with van der Waals surface area (Å²) >= 11 is 0. The van der Waals surface area contributed by atoms with Crippen LogP contribution in [0.3, 0.4) is 0 Å². The fourth-order valence-electron chi connectivity index (χ4n) is 2.78. The Kier molecular flexibility index (Phi) is 5.45. The lowest BCUT2D eigenvalue weighted by Crippen LogP contribution is -2.56. The first-order valence-electron chi connectivity index (χ1n) is 8.35. The summed E-state index contributed by atoms with van der Waals surface area (Å²) in [7, 11) is 1.53. The van der Waals surface area contributed by atoms with Crippen LogP contribution in [0.1, 0.15) is 38.1 Å². The van der Waals surface area contributed by atoms with E-state index in [0.717, 1.165) is 0 Å². The first kappa shape index (κ1) is 18.9. The van der Waals surface area contributed by atoms with E-state index in [1.165, 1.54) is 7.11 Å². The summed E-state index contributed by atoms with van der Waals surface area (Å²) in [6, 6.07) is 4.89. The lowest BCUT2D eigenvalue weighted by atomic mass is 10.1. The van der Waals surface area contributed by atoms with Crippen molar-refractivity contribution in [3.8, 4) is 5.75 Å². The Morgan fingerprint density at radius 3 is 2.44 bits per heavy atom. The summed E-state index contributed by atoms with van der Waals surface area (Å²) in [5.74, 6) is 0.435. The van der Waals surface area contributed by atoms with Crippen molar-refractivity contribution in [2.45, 2.75) is 39.3 Å². The van der Waals surface area contributed by atoms with E-state index in [1.807, 2.05) is 27.7 Å². The highest BCUT2D eigenvalue weighted by Gasteiger charge is 2.32. The molecule has 7 heteroatoms. The molecule has 0 spiro atoms. The molecule has 138 valence electrons. The summed E-state index contributed by atoms with van der Waals surface area (Å²) in [5, 5.41) is 0. The third kappa shape index (κ3) is 4.55. The molecular formula is C18H27N3O4. The van der Waals surface area contributed by atoms with Crippen LogP contribution in [0.15, 0.2) is 18.2 Å². The zero-order valence-corrected chi connectivity index (χ0v) is 15.5. The highest BCUT2D eigenvalue weighted by Crippen LogP contribution is 2.24. The topological polar surface area (TPSA) is 85.1 Å². The van der Waals surface area contributed by atoms with Crippen LogP contribution in [0.4, 0.5) is 10.5 Å². The predicted molar refractivity (Wildman–Crippen MR) is 95.7 cm³/mol.